The van der Waals surface area contributed by atoms with E-state index in [9.17, 15) is 17.6 Å². The third-order valence-corrected chi connectivity index (χ3v) is 4.06. The van der Waals surface area contributed by atoms with Gasteiger partial charge >= 0.3 is 0 Å². The predicted octanol–water partition coefficient (Wildman–Crippen LogP) is 1.47. The molecule has 0 saturated carbocycles. The highest BCUT2D eigenvalue weighted by Crippen LogP contribution is 2.04. The van der Waals surface area contributed by atoms with Crippen LogP contribution < -0.4 is 5.32 Å². The van der Waals surface area contributed by atoms with E-state index in [1.54, 1.807) is 0 Å². The van der Waals surface area contributed by atoms with Crippen molar-refractivity contribution in [2.24, 2.45) is 5.92 Å². The highest BCUT2D eigenvalue weighted by atomic mass is 32.2. The lowest BCUT2D eigenvalue weighted by Crippen LogP contribution is -2.39. The summed E-state index contributed by atoms with van der Waals surface area (Å²) >= 11 is 0. The van der Waals surface area contributed by atoms with Crippen LogP contribution in [0.5, 0.6) is 0 Å². The van der Waals surface area contributed by atoms with Gasteiger partial charge in [-0.1, -0.05) is 13.8 Å². The molecule has 0 radical (unpaired) electrons. The summed E-state index contributed by atoms with van der Waals surface area (Å²) in [5, 5.41) is 2.63. The second kappa shape index (κ2) is 7.51. The van der Waals surface area contributed by atoms with Gasteiger partial charge in [0, 0.05) is 25.2 Å². The number of hydrogen-bond donors (Lipinski definition) is 1. The second-order valence-corrected chi connectivity index (χ2v) is 7.26. The number of nitrogens with zero attached hydrogens (tertiary/aromatic N) is 1. The minimum Gasteiger partial charge on any atom is -0.351 e. The monoisotopic (exact) mass is 316 g/mol. The molecule has 0 aliphatic heterocycles. The number of rotatable bonds is 7. The summed E-state index contributed by atoms with van der Waals surface area (Å²) in [6, 6.07) is 5.17. The molecule has 0 aliphatic carbocycles. The van der Waals surface area contributed by atoms with Crippen molar-refractivity contribution in [1.29, 1.82) is 0 Å². The van der Waals surface area contributed by atoms with Gasteiger partial charge in [0.1, 0.15) is 5.82 Å². The quantitative estimate of drug-likeness (QED) is 0.828. The molecule has 1 aromatic rings. The first-order valence-corrected chi connectivity index (χ1v) is 8.54. The first-order valence-electron chi connectivity index (χ1n) is 6.69. The van der Waals surface area contributed by atoms with Crippen LogP contribution in [0.4, 0.5) is 4.39 Å². The average molecular weight is 316 g/mol. The van der Waals surface area contributed by atoms with E-state index in [0.717, 1.165) is 6.26 Å². The molecule has 7 heteroatoms. The zero-order valence-electron chi connectivity index (χ0n) is 12.5. The van der Waals surface area contributed by atoms with Crippen molar-refractivity contribution in [3.8, 4) is 0 Å². The summed E-state index contributed by atoms with van der Waals surface area (Å²) in [7, 11) is -3.30. The van der Waals surface area contributed by atoms with E-state index in [1.807, 2.05) is 13.8 Å². The fourth-order valence-corrected chi connectivity index (χ4v) is 2.79. The topological polar surface area (TPSA) is 66.5 Å². The smallest absolute Gasteiger partial charge is 0.251 e. The Morgan fingerprint density at radius 1 is 1.29 bits per heavy atom. The van der Waals surface area contributed by atoms with Crippen molar-refractivity contribution in [2.45, 2.75) is 13.8 Å². The molecule has 0 bridgehead atoms. The van der Waals surface area contributed by atoms with Crippen LogP contribution in [-0.2, 0) is 10.0 Å². The van der Waals surface area contributed by atoms with Crippen LogP contribution in [0.2, 0.25) is 0 Å². The Bertz CT molecular complexity index is 570. The summed E-state index contributed by atoms with van der Waals surface area (Å²) in [6.07, 6.45) is 1.15. The molecule has 1 amide bonds. The zero-order valence-corrected chi connectivity index (χ0v) is 13.3. The van der Waals surface area contributed by atoms with Gasteiger partial charge in [-0.05, 0) is 30.2 Å². The van der Waals surface area contributed by atoms with E-state index in [-0.39, 0.29) is 24.9 Å². The van der Waals surface area contributed by atoms with Gasteiger partial charge in [-0.3, -0.25) is 4.79 Å². The Hall–Kier alpha value is -1.47. The lowest BCUT2D eigenvalue weighted by molar-refractivity contribution is 0.0951. The van der Waals surface area contributed by atoms with Crippen molar-refractivity contribution in [3.05, 3.63) is 35.6 Å². The molecule has 0 atom stereocenters. The SMILES string of the molecule is CC(C)CN(CCNC(=O)c1ccc(F)cc1)S(C)(=O)=O. The van der Waals surface area contributed by atoms with Crippen molar-refractivity contribution in [2.75, 3.05) is 25.9 Å². The van der Waals surface area contributed by atoms with Gasteiger partial charge in [-0.2, -0.15) is 0 Å². The molecule has 21 heavy (non-hydrogen) atoms. The van der Waals surface area contributed by atoms with Crippen LogP contribution in [0.25, 0.3) is 0 Å². The maximum Gasteiger partial charge on any atom is 0.251 e. The molecule has 0 heterocycles. The van der Waals surface area contributed by atoms with Crippen LogP contribution in [0, 0.1) is 11.7 Å². The Morgan fingerprint density at radius 2 is 1.86 bits per heavy atom. The molecular formula is C14H21FN2O3S. The standard InChI is InChI=1S/C14H21FN2O3S/c1-11(2)10-17(21(3,19)20)9-8-16-14(18)12-4-6-13(15)7-5-12/h4-7,11H,8-10H2,1-3H3,(H,16,18). The summed E-state index contributed by atoms with van der Waals surface area (Å²) in [6.45, 7) is 4.68. The van der Waals surface area contributed by atoms with E-state index < -0.39 is 15.8 Å². The average Bonchev–Trinajstić information content (AvgIpc) is 2.36. The maximum atomic E-state index is 12.8. The third-order valence-electron chi connectivity index (χ3n) is 2.79. The van der Waals surface area contributed by atoms with Crippen LogP contribution in [0.3, 0.4) is 0 Å². The van der Waals surface area contributed by atoms with E-state index in [1.165, 1.54) is 28.6 Å². The molecule has 0 aliphatic rings. The predicted molar refractivity (Wildman–Crippen MR) is 80.0 cm³/mol. The van der Waals surface area contributed by atoms with Gasteiger partial charge in [-0.25, -0.2) is 17.1 Å². The lowest BCUT2D eigenvalue weighted by Gasteiger charge is -2.22. The Morgan fingerprint density at radius 3 is 2.33 bits per heavy atom. The van der Waals surface area contributed by atoms with E-state index in [2.05, 4.69) is 5.32 Å². The van der Waals surface area contributed by atoms with Gasteiger partial charge < -0.3 is 5.32 Å². The number of halogens is 1. The van der Waals surface area contributed by atoms with Crippen molar-refractivity contribution >= 4 is 15.9 Å². The summed E-state index contributed by atoms with van der Waals surface area (Å²) < 4.78 is 37.3. The number of nitrogens with one attached hydrogen (secondary N) is 1. The minimum atomic E-state index is -3.30. The van der Waals surface area contributed by atoms with Gasteiger partial charge in [0.05, 0.1) is 6.26 Å². The van der Waals surface area contributed by atoms with E-state index in [0.29, 0.717) is 12.1 Å². The number of carbonyl (C=O) groups is 1. The molecule has 0 unspecified atom stereocenters. The largest absolute Gasteiger partial charge is 0.351 e. The number of carbonyl (C=O) groups excluding carboxylic acids is 1. The Labute approximate surface area is 125 Å². The van der Waals surface area contributed by atoms with Crippen LogP contribution in [0.15, 0.2) is 24.3 Å². The molecule has 0 aromatic heterocycles. The highest BCUT2D eigenvalue weighted by Gasteiger charge is 2.17. The minimum absolute atomic E-state index is 0.201. The van der Waals surface area contributed by atoms with Gasteiger partial charge in [0.15, 0.2) is 0 Å². The fourth-order valence-electron chi connectivity index (χ4n) is 1.80. The van der Waals surface area contributed by atoms with Crippen LogP contribution in [0.1, 0.15) is 24.2 Å². The first kappa shape index (κ1) is 17.6. The molecule has 5 nitrogen and oxygen atoms in total. The lowest BCUT2D eigenvalue weighted by atomic mass is 10.2. The molecule has 118 valence electrons. The van der Waals surface area contributed by atoms with E-state index in [4.69, 9.17) is 0 Å². The molecule has 1 rings (SSSR count). The maximum absolute atomic E-state index is 12.8. The Kier molecular flexibility index (Phi) is 6.29. The normalized spacial score (nSPS) is 11.9. The van der Waals surface area contributed by atoms with Gasteiger partial charge in [-0.15, -0.1) is 0 Å². The van der Waals surface area contributed by atoms with Gasteiger partial charge in [0.25, 0.3) is 5.91 Å². The molecule has 0 fully saturated rings. The third kappa shape index (κ3) is 6.22. The molecule has 1 N–H and O–H groups in total. The molecular weight excluding hydrogens is 295 g/mol. The summed E-state index contributed by atoms with van der Waals surface area (Å²) in [4.78, 5) is 11.8. The molecule has 0 spiro atoms. The Balaban J connectivity index is 2.54. The van der Waals surface area contributed by atoms with Crippen molar-refractivity contribution in [1.82, 2.24) is 9.62 Å². The highest BCUT2D eigenvalue weighted by molar-refractivity contribution is 7.88. The number of sulfonamides is 1. The zero-order chi connectivity index (χ0) is 16.0. The van der Waals surface area contributed by atoms with E-state index >= 15 is 0 Å². The van der Waals surface area contributed by atoms with Crippen molar-refractivity contribution < 1.29 is 17.6 Å². The molecule has 0 saturated heterocycles. The fraction of sp³-hybridized carbons (Fsp3) is 0.500. The number of benzene rings is 1. The van der Waals surface area contributed by atoms with Crippen LogP contribution in [-0.4, -0.2) is 44.5 Å². The number of hydrogen-bond acceptors (Lipinski definition) is 3. The summed E-state index contributed by atoms with van der Waals surface area (Å²) in [5.41, 5.74) is 0.339. The van der Waals surface area contributed by atoms with Gasteiger partial charge in [0.2, 0.25) is 10.0 Å². The second-order valence-electron chi connectivity index (χ2n) is 5.28. The molecule has 1 aromatic carbocycles. The summed E-state index contributed by atoms with van der Waals surface area (Å²) in [5.74, 6) is -0.563. The van der Waals surface area contributed by atoms with Crippen LogP contribution >= 0.6 is 0 Å². The van der Waals surface area contributed by atoms with Crippen molar-refractivity contribution in [3.63, 3.8) is 0 Å². The number of amides is 1. The first-order chi connectivity index (χ1) is 9.70.